The van der Waals surface area contributed by atoms with E-state index in [1.54, 1.807) is 65.6 Å². The first-order chi connectivity index (χ1) is 18.1. The molecular weight excluding hydrogens is 527 g/mol. The van der Waals surface area contributed by atoms with Crippen molar-refractivity contribution in [2.45, 2.75) is 26.2 Å². The second kappa shape index (κ2) is 9.93. The number of ether oxygens (including phenoxy) is 2. The first-order valence-corrected chi connectivity index (χ1v) is 12.6. The van der Waals surface area contributed by atoms with Gasteiger partial charge >= 0.3 is 6.03 Å². The summed E-state index contributed by atoms with van der Waals surface area (Å²) in [7, 11) is 0. The lowest BCUT2D eigenvalue weighted by atomic mass is 9.93. The van der Waals surface area contributed by atoms with E-state index in [9.17, 15) is 9.59 Å². The van der Waals surface area contributed by atoms with E-state index in [1.165, 1.54) is 0 Å². The van der Waals surface area contributed by atoms with Crippen molar-refractivity contribution in [3.8, 4) is 6.07 Å². The monoisotopic (exact) mass is 550 g/mol. The minimum atomic E-state index is -1.62. The van der Waals surface area contributed by atoms with Crippen LogP contribution in [0.4, 0.5) is 21.9 Å². The number of carbonyl (C=O) groups is 2. The first-order valence-electron chi connectivity index (χ1n) is 11.9. The third-order valence-corrected chi connectivity index (χ3v) is 7.09. The summed E-state index contributed by atoms with van der Waals surface area (Å²) >= 11 is 12.3. The first kappa shape index (κ1) is 26.0. The number of nitriles is 1. The fourth-order valence-corrected chi connectivity index (χ4v) is 4.69. The van der Waals surface area contributed by atoms with Gasteiger partial charge in [-0.25, -0.2) is 4.79 Å². The van der Waals surface area contributed by atoms with Gasteiger partial charge in [0, 0.05) is 22.4 Å². The van der Waals surface area contributed by atoms with Crippen molar-refractivity contribution in [1.82, 2.24) is 0 Å². The maximum Gasteiger partial charge on any atom is 0.323 e. The minimum absolute atomic E-state index is 0.229. The Balaban J connectivity index is 1.44. The summed E-state index contributed by atoms with van der Waals surface area (Å²) in [5, 5.41) is 15.3. The molecular formula is C28H24Cl2N4O4. The number of hydrogen-bond donors (Lipinski definition) is 2. The van der Waals surface area contributed by atoms with E-state index in [-0.39, 0.29) is 17.9 Å². The van der Waals surface area contributed by atoms with Gasteiger partial charge in [0.05, 0.1) is 47.1 Å². The van der Waals surface area contributed by atoms with Gasteiger partial charge in [-0.05, 0) is 60.2 Å². The summed E-state index contributed by atoms with van der Waals surface area (Å²) in [6.45, 7) is 4.86. The lowest BCUT2D eigenvalue weighted by Gasteiger charge is -2.40. The third kappa shape index (κ3) is 4.94. The fraction of sp³-hybridized carbons (Fsp3) is 0.250. The highest BCUT2D eigenvalue weighted by Gasteiger charge is 2.57. The summed E-state index contributed by atoms with van der Waals surface area (Å²) in [6.07, 6.45) is 0. The van der Waals surface area contributed by atoms with Crippen LogP contribution in [0.3, 0.4) is 0 Å². The van der Waals surface area contributed by atoms with Gasteiger partial charge in [-0.15, -0.1) is 0 Å². The van der Waals surface area contributed by atoms with E-state index in [0.29, 0.717) is 51.4 Å². The Morgan fingerprint density at radius 1 is 0.974 bits per heavy atom. The highest BCUT2D eigenvalue weighted by molar-refractivity contribution is 6.42. The Morgan fingerprint density at radius 2 is 1.63 bits per heavy atom. The number of halogens is 2. The number of fused-ring (bicyclic) bond motifs is 2. The van der Waals surface area contributed by atoms with Crippen molar-refractivity contribution >= 4 is 52.2 Å². The van der Waals surface area contributed by atoms with Crippen LogP contribution < -0.4 is 15.5 Å². The van der Waals surface area contributed by atoms with E-state index in [4.69, 9.17) is 37.9 Å². The van der Waals surface area contributed by atoms with E-state index < -0.39 is 11.8 Å². The maximum atomic E-state index is 13.8. The second-order valence-corrected chi connectivity index (χ2v) is 10.8. The Labute approximate surface area is 230 Å². The van der Waals surface area contributed by atoms with E-state index in [0.717, 1.165) is 5.56 Å². The number of benzene rings is 3. The quantitative estimate of drug-likeness (QED) is 0.397. The topological polar surface area (TPSA) is 104 Å². The number of nitrogens with zero attached hydrogens (tertiary/aromatic N) is 2. The average Bonchev–Trinajstić information content (AvgIpc) is 3.10. The smallest absolute Gasteiger partial charge is 0.323 e. The van der Waals surface area contributed by atoms with Crippen LogP contribution in [0, 0.1) is 16.7 Å². The molecule has 0 radical (unpaired) electrons. The van der Waals surface area contributed by atoms with Gasteiger partial charge in [-0.2, -0.15) is 5.26 Å². The van der Waals surface area contributed by atoms with Crippen molar-refractivity contribution in [3.63, 3.8) is 0 Å². The highest BCUT2D eigenvalue weighted by Crippen LogP contribution is 2.48. The number of hydrogen-bond acceptors (Lipinski definition) is 5. The summed E-state index contributed by atoms with van der Waals surface area (Å²) in [4.78, 5) is 28.1. The van der Waals surface area contributed by atoms with Crippen LogP contribution in [0.1, 0.15) is 30.5 Å². The molecule has 194 valence electrons. The summed E-state index contributed by atoms with van der Waals surface area (Å²) in [6, 6.07) is 18.4. The summed E-state index contributed by atoms with van der Waals surface area (Å²) in [5.74, 6) is -1.98. The number of rotatable bonds is 4. The van der Waals surface area contributed by atoms with Crippen molar-refractivity contribution in [2.24, 2.45) is 5.41 Å². The van der Waals surface area contributed by atoms with Crippen LogP contribution >= 0.6 is 23.2 Å². The molecule has 2 aliphatic rings. The second-order valence-electron chi connectivity index (χ2n) is 10.00. The molecule has 3 aromatic carbocycles. The zero-order chi connectivity index (χ0) is 27.1. The van der Waals surface area contributed by atoms with Crippen molar-refractivity contribution < 1.29 is 19.1 Å². The fourth-order valence-electron chi connectivity index (χ4n) is 4.37. The molecule has 1 saturated heterocycles. The van der Waals surface area contributed by atoms with Crippen LogP contribution in [0.15, 0.2) is 60.7 Å². The SMILES string of the molecule is CC1(C)COC2(OC1)C(=O)N(Cc1ccc(Cl)c(Cl)c1)c1ccc(NC(=O)Nc3ccc(C#N)cc3)cc12. The molecule has 38 heavy (non-hydrogen) atoms. The average molecular weight is 551 g/mol. The third-order valence-electron chi connectivity index (χ3n) is 6.36. The number of anilines is 3. The molecule has 10 heteroatoms. The lowest BCUT2D eigenvalue weighted by molar-refractivity contribution is -0.286. The normalized spacial score (nSPS) is 17.1. The Morgan fingerprint density at radius 3 is 2.29 bits per heavy atom. The van der Waals surface area contributed by atoms with Crippen LogP contribution in [0.2, 0.25) is 10.0 Å². The number of urea groups is 1. The molecule has 1 fully saturated rings. The molecule has 8 nitrogen and oxygen atoms in total. The number of carbonyl (C=O) groups excluding carboxylic acids is 2. The van der Waals surface area contributed by atoms with Gasteiger partial charge < -0.3 is 25.0 Å². The molecule has 5 rings (SSSR count). The largest absolute Gasteiger partial charge is 0.338 e. The van der Waals surface area contributed by atoms with E-state index in [1.807, 2.05) is 19.9 Å². The van der Waals surface area contributed by atoms with Gasteiger partial charge in [0.1, 0.15) is 0 Å². The maximum absolute atomic E-state index is 13.8. The zero-order valence-corrected chi connectivity index (χ0v) is 22.2. The molecule has 2 N–H and O–H groups in total. The summed E-state index contributed by atoms with van der Waals surface area (Å²) < 4.78 is 12.3. The molecule has 0 aromatic heterocycles. The van der Waals surface area contributed by atoms with E-state index >= 15 is 0 Å². The molecule has 0 aliphatic carbocycles. The number of nitrogens with one attached hydrogen (secondary N) is 2. The molecule has 2 aliphatic heterocycles. The Hall–Kier alpha value is -3.61. The number of amides is 3. The molecule has 0 bridgehead atoms. The Bertz CT molecular complexity index is 1460. The van der Waals surface area contributed by atoms with Crippen LogP contribution in [0.25, 0.3) is 0 Å². The van der Waals surface area contributed by atoms with Crippen molar-refractivity contribution in [3.05, 3.63) is 87.4 Å². The van der Waals surface area contributed by atoms with Gasteiger partial charge in [0.2, 0.25) is 0 Å². The van der Waals surface area contributed by atoms with Gasteiger partial charge in [0.15, 0.2) is 0 Å². The van der Waals surface area contributed by atoms with Gasteiger partial charge in [-0.3, -0.25) is 4.79 Å². The molecule has 3 amide bonds. The molecule has 2 heterocycles. The Kier molecular flexibility index (Phi) is 6.80. The van der Waals surface area contributed by atoms with Crippen molar-refractivity contribution in [1.29, 1.82) is 5.26 Å². The predicted octanol–water partition coefficient (Wildman–Crippen LogP) is 6.28. The molecule has 1 spiro atoms. The van der Waals surface area contributed by atoms with Gasteiger partial charge in [0.25, 0.3) is 11.7 Å². The van der Waals surface area contributed by atoms with Crippen LogP contribution in [-0.4, -0.2) is 25.2 Å². The minimum Gasteiger partial charge on any atom is -0.338 e. The lowest BCUT2D eigenvalue weighted by Crippen LogP contribution is -2.51. The molecule has 3 aromatic rings. The standard InChI is InChI=1S/C28H24Cl2N4O4/c1-27(2)15-37-28(38-16-27)21-12-20(33-26(36)32-19-6-3-17(13-31)4-7-19)8-10-24(21)34(25(28)35)14-18-5-9-22(29)23(30)11-18/h3-12H,14-16H2,1-2H3,(H2,32,33,36). The summed E-state index contributed by atoms with van der Waals surface area (Å²) in [5.41, 5.74) is 3.12. The van der Waals surface area contributed by atoms with Crippen LogP contribution in [-0.2, 0) is 26.6 Å². The molecule has 0 atom stereocenters. The molecule has 0 saturated carbocycles. The van der Waals surface area contributed by atoms with Crippen molar-refractivity contribution in [2.75, 3.05) is 28.7 Å². The zero-order valence-electron chi connectivity index (χ0n) is 20.7. The highest BCUT2D eigenvalue weighted by atomic mass is 35.5. The molecule has 0 unspecified atom stereocenters. The van der Waals surface area contributed by atoms with Gasteiger partial charge in [-0.1, -0.05) is 43.1 Å². The van der Waals surface area contributed by atoms with E-state index in [2.05, 4.69) is 10.6 Å². The van der Waals surface area contributed by atoms with Crippen LogP contribution in [0.5, 0.6) is 0 Å². The predicted molar refractivity (Wildman–Crippen MR) is 145 cm³/mol.